The molecule has 2 N–H and O–H groups in total. The molecular weight excluding hydrogens is 378 g/mol. The maximum absolute atomic E-state index is 12.2. The second-order valence-corrected chi connectivity index (χ2v) is 7.74. The lowest BCUT2D eigenvalue weighted by Gasteiger charge is -2.06. The summed E-state index contributed by atoms with van der Waals surface area (Å²) in [5.41, 5.74) is 0.328. The highest BCUT2D eigenvalue weighted by molar-refractivity contribution is 6.34. The number of hydrogen-bond acceptors (Lipinski definition) is 4. The molecule has 0 aromatic carbocycles. The van der Waals surface area contributed by atoms with Crippen molar-refractivity contribution >= 4 is 29.1 Å². The molecule has 2 heterocycles. The van der Waals surface area contributed by atoms with Crippen molar-refractivity contribution in [2.24, 2.45) is 0 Å². The minimum absolute atomic E-state index is 0.0989. The van der Waals surface area contributed by atoms with E-state index >= 15 is 0 Å². The van der Waals surface area contributed by atoms with Gasteiger partial charge in [0.05, 0.1) is 5.69 Å². The smallest absolute Gasteiger partial charge is 0.294 e. The molecule has 0 aliphatic carbocycles. The molecule has 2 aromatic rings. The topological polar surface area (TPSA) is 92.1 Å². The zero-order chi connectivity index (χ0) is 20.4. The third-order valence-electron chi connectivity index (χ3n) is 4.88. The molecule has 28 heavy (non-hydrogen) atoms. The summed E-state index contributed by atoms with van der Waals surface area (Å²) in [5, 5.41) is 7.23. The predicted octanol–water partition coefficient (Wildman–Crippen LogP) is 5.02. The molecule has 0 aliphatic heterocycles. The Bertz CT molecular complexity index is 815. The van der Waals surface area contributed by atoms with Gasteiger partial charge in [-0.3, -0.25) is 15.1 Å². The van der Waals surface area contributed by atoms with Crippen LogP contribution in [0.15, 0.2) is 4.79 Å². The van der Waals surface area contributed by atoms with Crippen molar-refractivity contribution in [3.63, 3.8) is 0 Å². The summed E-state index contributed by atoms with van der Waals surface area (Å²) in [6.07, 6.45) is 14.0. The number of aromatic nitrogens is 4. The van der Waals surface area contributed by atoms with E-state index in [-0.39, 0.29) is 11.9 Å². The van der Waals surface area contributed by atoms with Crippen molar-refractivity contribution in [3.05, 3.63) is 21.2 Å². The monoisotopic (exact) mass is 409 g/mol. The van der Waals surface area contributed by atoms with Crippen molar-refractivity contribution in [1.29, 1.82) is 0 Å². The first-order valence-electron chi connectivity index (χ1n) is 10.5. The number of nitrogens with one attached hydrogen (secondary N) is 2. The first-order valence-corrected chi connectivity index (χ1v) is 10.9. The summed E-state index contributed by atoms with van der Waals surface area (Å²) >= 11 is 6.11. The van der Waals surface area contributed by atoms with Gasteiger partial charge in [0.25, 0.3) is 0 Å². The van der Waals surface area contributed by atoms with Crippen LogP contribution >= 0.6 is 11.6 Å². The van der Waals surface area contributed by atoms with E-state index in [0.29, 0.717) is 22.8 Å². The summed E-state index contributed by atoms with van der Waals surface area (Å²) in [5.74, 6) is -0.0681. The second-order valence-electron chi connectivity index (χ2n) is 7.36. The predicted molar refractivity (Wildman–Crippen MR) is 113 cm³/mol. The molecule has 0 fully saturated rings. The fraction of sp³-hybridized carbons (Fsp3) is 0.700. The highest BCUT2D eigenvalue weighted by atomic mass is 35.5. The first-order chi connectivity index (χ1) is 13.5. The van der Waals surface area contributed by atoms with Gasteiger partial charge in [-0.15, -0.1) is 0 Å². The minimum atomic E-state index is -0.570. The van der Waals surface area contributed by atoms with Crippen LogP contribution in [0, 0.1) is 6.92 Å². The zero-order valence-electron chi connectivity index (χ0n) is 17.0. The van der Waals surface area contributed by atoms with Crippen molar-refractivity contribution in [3.8, 4) is 0 Å². The number of nitrogens with zero attached hydrogens (tertiary/aromatic N) is 3. The van der Waals surface area contributed by atoms with Crippen LogP contribution in [-0.4, -0.2) is 25.5 Å². The summed E-state index contributed by atoms with van der Waals surface area (Å²) in [6, 6.07) is 0. The third-order valence-corrected chi connectivity index (χ3v) is 5.33. The second kappa shape index (κ2) is 11.8. The third kappa shape index (κ3) is 6.93. The lowest BCUT2D eigenvalue weighted by atomic mass is 10.1. The number of aromatic amines is 1. The molecule has 0 saturated carbocycles. The molecule has 0 radical (unpaired) electrons. The average Bonchev–Trinajstić information content (AvgIpc) is 2.94. The SMILES string of the molecule is CCCCCCCCCCCCCC(=O)Nc1nc(=O)[nH]c2c(Cl)c(C)nn12. The molecule has 8 heteroatoms. The number of aryl methyl sites for hydroxylation is 1. The van der Waals surface area contributed by atoms with Crippen LogP contribution in [0.3, 0.4) is 0 Å². The standard InChI is InChI=1S/C20H32ClN5O2/c1-3-4-5-6-7-8-9-10-11-12-13-14-16(27)22-19-24-20(28)23-18-17(21)15(2)25-26(18)19/h3-14H2,1-2H3,(H2,22,23,24,27,28). The zero-order valence-corrected chi connectivity index (χ0v) is 17.8. The van der Waals surface area contributed by atoms with Gasteiger partial charge in [-0.05, 0) is 13.3 Å². The van der Waals surface area contributed by atoms with Gasteiger partial charge in [0.1, 0.15) is 5.02 Å². The maximum atomic E-state index is 12.2. The molecular formula is C20H32ClN5O2. The average molecular weight is 410 g/mol. The van der Waals surface area contributed by atoms with Gasteiger partial charge in [0, 0.05) is 6.42 Å². The molecule has 0 saturated heterocycles. The summed E-state index contributed by atoms with van der Waals surface area (Å²) in [7, 11) is 0. The van der Waals surface area contributed by atoms with Crippen LogP contribution in [-0.2, 0) is 4.79 Å². The maximum Gasteiger partial charge on any atom is 0.349 e. The van der Waals surface area contributed by atoms with Crippen LogP contribution in [0.4, 0.5) is 5.95 Å². The summed E-state index contributed by atoms with van der Waals surface area (Å²) in [6.45, 7) is 3.97. The largest absolute Gasteiger partial charge is 0.349 e. The van der Waals surface area contributed by atoms with Gasteiger partial charge < -0.3 is 0 Å². The van der Waals surface area contributed by atoms with E-state index in [2.05, 4.69) is 27.3 Å². The Labute approximate surface area is 171 Å². The number of carbonyl (C=O) groups excluding carboxylic acids is 1. The van der Waals surface area contributed by atoms with Gasteiger partial charge in [0.2, 0.25) is 11.9 Å². The number of rotatable bonds is 13. The lowest BCUT2D eigenvalue weighted by molar-refractivity contribution is -0.116. The molecule has 2 rings (SSSR count). The molecule has 1 amide bonds. The number of carbonyl (C=O) groups is 1. The molecule has 7 nitrogen and oxygen atoms in total. The summed E-state index contributed by atoms with van der Waals surface area (Å²) < 4.78 is 1.36. The first kappa shape index (κ1) is 22.4. The van der Waals surface area contributed by atoms with Crippen molar-refractivity contribution in [2.75, 3.05) is 5.32 Å². The lowest BCUT2D eigenvalue weighted by Crippen LogP contribution is -2.22. The molecule has 0 spiro atoms. The van der Waals surface area contributed by atoms with Crippen LogP contribution < -0.4 is 11.0 Å². The number of halogens is 1. The molecule has 0 atom stereocenters. The van der Waals surface area contributed by atoms with E-state index in [0.717, 1.165) is 19.3 Å². The van der Waals surface area contributed by atoms with E-state index in [9.17, 15) is 9.59 Å². The number of anilines is 1. The molecule has 0 aliphatic rings. The number of unbranched alkanes of at least 4 members (excludes halogenated alkanes) is 10. The fourth-order valence-corrected chi connectivity index (χ4v) is 3.43. The number of H-pyrrole nitrogens is 1. The van der Waals surface area contributed by atoms with Crippen LogP contribution in [0.2, 0.25) is 5.02 Å². The Morgan fingerprint density at radius 2 is 1.61 bits per heavy atom. The van der Waals surface area contributed by atoms with Gasteiger partial charge in [0.15, 0.2) is 5.65 Å². The van der Waals surface area contributed by atoms with Crippen LogP contribution in [0.5, 0.6) is 0 Å². The van der Waals surface area contributed by atoms with Crippen LogP contribution in [0.1, 0.15) is 89.7 Å². The highest BCUT2D eigenvalue weighted by Gasteiger charge is 2.14. The van der Waals surface area contributed by atoms with Gasteiger partial charge in [-0.25, -0.2) is 4.79 Å². The Balaban J connectivity index is 1.65. The molecule has 156 valence electrons. The van der Waals surface area contributed by atoms with Gasteiger partial charge in [-0.1, -0.05) is 82.7 Å². The Morgan fingerprint density at radius 3 is 2.21 bits per heavy atom. The Kier molecular flexibility index (Phi) is 9.47. The number of hydrogen-bond donors (Lipinski definition) is 2. The van der Waals surface area contributed by atoms with Crippen LogP contribution in [0.25, 0.3) is 5.65 Å². The van der Waals surface area contributed by atoms with Crippen molar-refractivity contribution < 1.29 is 4.79 Å². The van der Waals surface area contributed by atoms with E-state index in [1.807, 2.05) is 0 Å². The van der Waals surface area contributed by atoms with Gasteiger partial charge >= 0.3 is 5.69 Å². The molecule has 0 bridgehead atoms. The Morgan fingerprint density at radius 1 is 1.04 bits per heavy atom. The number of amides is 1. The molecule has 0 unspecified atom stereocenters. The molecule has 2 aromatic heterocycles. The van der Waals surface area contributed by atoms with E-state index in [4.69, 9.17) is 11.6 Å². The van der Waals surface area contributed by atoms with E-state index in [1.165, 1.54) is 55.9 Å². The normalized spacial score (nSPS) is 11.2. The number of fused-ring (bicyclic) bond motifs is 1. The summed E-state index contributed by atoms with van der Waals surface area (Å²) in [4.78, 5) is 30.2. The minimum Gasteiger partial charge on any atom is -0.294 e. The van der Waals surface area contributed by atoms with E-state index < -0.39 is 5.69 Å². The fourth-order valence-electron chi connectivity index (χ4n) is 3.26. The Hall–Kier alpha value is -1.89. The van der Waals surface area contributed by atoms with E-state index in [1.54, 1.807) is 6.92 Å². The van der Waals surface area contributed by atoms with Crippen molar-refractivity contribution in [1.82, 2.24) is 19.6 Å². The van der Waals surface area contributed by atoms with Crippen molar-refractivity contribution in [2.45, 2.75) is 90.9 Å². The quantitative estimate of drug-likeness (QED) is 0.454. The van der Waals surface area contributed by atoms with Gasteiger partial charge in [-0.2, -0.15) is 14.6 Å². The highest BCUT2D eigenvalue weighted by Crippen LogP contribution is 2.20.